The molecule has 0 unspecified atom stereocenters. The average molecular weight is 248 g/mol. The Bertz CT molecular complexity index is 426. The van der Waals surface area contributed by atoms with Crippen molar-refractivity contribution < 1.29 is 4.74 Å². The second kappa shape index (κ2) is 7.51. The summed E-state index contributed by atoms with van der Waals surface area (Å²) >= 11 is 0. The second-order valence-corrected chi connectivity index (χ2v) is 4.07. The Morgan fingerprint density at radius 1 is 1.50 bits per heavy atom. The summed E-state index contributed by atoms with van der Waals surface area (Å²) in [6.45, 7) is 5.96. The van der Waals surface area contributed by atoms with Crippen LogP contribution in [0.2, 0.25) is 0 Å². The Morgan fingerprint density at radius 3 is 2.94 bits per heavy atom. The van der Waals surface area contributed by atoms with Gasteiger partial charge >= 0.3 is 0 Å². The van der Waals surface area contributed by atoms with Crippen LogP contribution < -0.4 is 11.1 Å². The summed E-state index contributed by atoms with van der Waals surface area (Å²) in [6, 6.07) is 2.12. The number of hydrogen-bond donors (Lipinski definition) is 2. The van der Waals surface area contributed by atoms with Gasteiger partial charge in [0.15, 0.2) is 0 Å². The van der Waals surface area contributed by atoms with Gasteiger partial charge in [0, 0.05) is 13.2 Å². The SMILES string of the molecule is CCCCOCCNc1ncc(N)c(C)c1C#N. The molecule has 0 aliphatic rings. The third-order valence-electron chi connectivity index (χ3n) is 2.67. The summed E-state index contributed by atoms with van der Waals surface area (Å²) in [5, 5.41) is 12.2. The molecule has 1 aromatic heterocycles. The van der Waals surface area contributed by atoms with Gasteiger partial charge in [-0.05, 0) is 18.9 Å². The van der Waals surface area contributed by atoms with Crippen LogP contribution >= 0.6 is 0 Å². The molecule has 1 rings (SSSR count). The van der Waals surface area contributed by atoms with Gasteiger partial charge in [-0.15, -0.1) is 0 Å². The molecule has 0 bridgehead atoms. The van der Waals surface area contributed by atoms with Crippen LogP contribution in [0.25, 0.3) is 0 Å². The van der Waals surface area contributed by atoms with Crippen molar-refractivity contribution >= 4 is 11.5 Å². The normalized spacial score (nSPS) is 10.1. The maximum atomic E-state index is 9.08. The van der Waals surface area contributed by atoms with E-state index in [2.05, 4.69) is 23.3 Å². The zero-order valence-electron chi connectivity index (χ0n) is 11.0. The zero-order chi connectivity index (χ0) is 13.4. The van der Waals surface area contributed by atoms with Crippen molar-refractivity contribution in [2.75, 3.05) is 30.8 Å². The number of nitrogens with zero attached hydrogens (tertiary/aromatic N) is 2. The second-order valence-electron chi connectivity index (χ2n) is 4.07. The minimum Gasteiger partial charge on any atom is -0.397 e. The molecule has 0 aliphatic carbocycles. The van der Waals surface area contributed by atoms with Gasteiger partial charge in [0.05, 0.1) is 24.1 Å². The lowest BCUT2D eigenvalue weighted by Gasteiger charge is -2.10. The standard InChI is InChI=1S/C13H20N4O/c1-3-4-6-18-7-5-16-13-11(8-14)10(2)12(15)9-17-13/h9H,3-7,15H2,1-2H3,(H,16,17). The topological polar surface area (TPSA) is 84.0 Å². The Morgan fingerprint density at radius 2 is 2.28 bits per heavy atom. The number of rotatable bonds is 7. The van der Waals surface area contributed by atoms with Gasteiger partial charge in [0.25, 0.3) is 0 Å². The number of aromatic nitrogens is 1. The van der Waals surface area contributed by atoms with Crippen LogP contribution in [0.1, 0.15) is 30.9 Å². The van der Waals surface area contributed by atoms with E-state index in [1.165, 1.54) is 0 Å². The molecule has 0 atom stereocenters. The number of nitrogens with two attached hydrogens (primary N) is 1. The molecule has 0 saturated heterocycles. The van der Waals surface area contributed by atoms with Crippen LogP contribution in [0.5, 0.6) is 0 Å². The average Bonchev–Trinajstić information content (AvgIpc) is 2.38. The molecule has 0 aromatic carbocycles. The van der Waals surface area contributed by atoms with Crippen molar-refractivity contribution in [1.29, 1.82) is 5.26 Å². The first-order valence-electron chi connectivity index (χ1n) is 6.17. The van der Waals surface area contributed by atoms with E-state index >= 15 is 0 Å². The van der Waals surface area contributed by atoms with E-state index in [-0.39, 0.29) is 0 Å². The van der Waals surface area contributed by atoms with E-state index in [9.17, 15) is 0 Å². The van der Waals surface area contributed by atoms with Crippen LogP contribution in [0.15, 0.2) is 6.20 Å². The predicted molar refractivity (Wildman–Crippen MR) is 72.3 cm³/mol. The maximum absolute atomic E-state index is 9.08. The van der Waals surface area contributed by atoms with E-state index in [0.717, 1.165) is 25.0 Å². The predicted octanol–water partition coefficient (Wildman–Crippen LogP) is 2.07. The molecule has 0 fully saturated rings. The Labute approximate surface area is 108 Å². The van der Waals surface area contributed by atoms with Crippen LogP contribution in [0.4, 0.5) is 11.5 Å². The molecule has 0 spiro atoms. The number of nitriles is 1. The van der Waals surface area contributed by atoms with Crippen molar-refractivity contribution in [2.24, 2.45) is 0 Å². The molecule has 5 heteroatoms. The molecule has 0 radical (unpaired) electrons. The van der Waals surface area contributed by atoms with Crippen molar-refractivity contribution in [2.45, 2.75) is 26.7 Å². The number of nitrogen functional groups attached to an aromatic ring is 1. The minimum absolute atomic E-state index is 0.503. The fourth-order valence-electron chi connectivity index (χ4n) is 1.48. The third-order valence-corrected chi connectivity index (χ3v) is 2.67. The Kier molecular flexibility index (Phi) is 5.95. The van der Waals surface area contributed by atoms with E-state index < -0.39 is 0 Å². The van der Waals surface area contributed by atoms with Gasteiger partial charge in [-0.3, -0.25) is 0 Å². The van der Waals surface area contributed by atoms with E-state index in [4.69, 9.17) is 15.7 Å². The summed E-state index contributed by atoms with van der Waals surface area (Å²) in [4.78, 5) is 4.13. The van der Waals surface area contributed by atoms with Gasteiger partial charge in [-0.2, -0.15) is 5.26 Å². The molecule has 1 heterocycles. The quantitative estimate of drug-likeness (QED) is 0.722. The number of unbranched alkanes of at least 4 members (excludes halogenated alkanes) is 1. The lowest BCUT2D eigenvalue weighted by molar-refractivity contribution is 0.141. The van der Waals surface area contributed by atoms with E-state index in [0.29, 0.717) is 30.2 Å². The van der Waals surface area contributed by atoms with Crippen molar-refractivity contribution in [3.05, 3.63) is 17.3 Å². The number of pyridine rings is 1. The lowest BCUT2D eigenvalue weighted by atomic mass is 10.1. The van der Waals surface area contributed by atoms with Crippen molar-refractivity contribution in [1.82, 2.24) is 4.98 Å². The van der Waals surface area contributed by atoms with Crippen molar-refractivity contribution in [3.8, 4) is 6.07 Å². The smallest absolute Gasteiger partial charge is 0.144 e. The highest BCUT2D eigenvalue weighted by Gasteiger charge is 2.08. The first kappa shape index (κ1) is 14.3. The van der Waals surface area contributed by atoms with Crippen LogP contribution in [0, 0.1) is 18.3 Å². The highest BCUT2D eigenvalue weighted by Crippen LogP contribution is 2.20. The van der Waals surface area contributed by atoms with Crippen LogP contribution in [0.3, 0.4) is 0 Å². The number of ether oxygens (including phenoxy) is 1. The Balaban J connectivity index is 2.48. The summed E-state index contributed by atoms with van der Waals surface area (Å²) in [6.07, 6.45) is 3.77. The molecule has 18 heavy (non-hydrogen) atoms. The fraction of sp³-hybridized carbons (Fsp3) is 0.538. The third kappa shape index (κ3) is 3.90. The highest BCUT2D eigenvalue weighted by molar-refractivity contribution is 5.63. The number of nitrogens with one attached hydrogen (secondary N) is 1. The molecule has 0 amide bonds. The maximum Gasteiger partial charge on any atom is 0.144 e. The number of anilines is 2. The lowest BCUT2D eigenvalue weighted by Crippen LogP contribution is -2.13. The summed E-state index contributed by atoms with van der Waals surface area (Å²) in [5.41, 5.74) is 7.52. The van der Waals surface area contributed by atoms with Gasteiger partial charge in [-0.25, -0.2) is 4.98 Å². The first-order chi connectivity index (χ1) is 8.70. The summed E-state index contributed by atoms with van der Waals surface area (Å²) < 4.78 is 5.43. The van der Waals surface area contributed by atoms with Crippen LogP contribution in [-0.2, 0) is 4.74 Å². The molecular weight excluding hydrogens is 228 g/mol. The molecule has 0 aliphatic heterocycles. The zero-order valence-corrected chi connectivity index (χ0v) is 11.0. The summed E-state index contributed by atoms with van der Waals surface area (Å²) in [7, 11) is 0. The Hall–Kier alpha value is -1.80. The van der Waals surface area contributed by atoms with Crippen molar-refractivity contribution in [3.63, 3.8) is 0 Å². The monoisotopic (exact) mass is 248 g/mol. The molecular formula is C13H20N4O. The van der Waals surface area contributed by atoms with E-state index in [1.54, 1.807) is 6.20 Å². The van der Waals surface area contributed by atoms with Gasteiger partial charge in [0.1, 0.15) is 11.9 Å². The minimum atomic E-state index is 0.503. The van der Waals surface area contributed by atoms with Crippen LogP contribution in [-0.4, -0.2) is 24.7 Å². The van der Waals surface area contributed by atoms with Gasteiger partial charge < -0.3 is 15.8 Å². The molecule has 98 valence electrons. The highest BCUT2D eigenvalue weighted by atomic mass is 16.5. The fourth-order valence-corrected chi connectivity index (χ4v) is 1.48. The largest absolute Gasteiger partial charge is 0.397 e. The van der Waals surface area contributed by atoms with Gasteiger partial charge in [0.2, 0.25) is 0 Å². The summed E-state index contributed by atoms with van der Waals surface area (Å²) in [5.74, 6) is 0.572. The molecule has 5 nitrogen and oxygen atoms in total. The number of hydrogen-bond acceptors (Lipinski definition) is 5. The van der Waals surface area contributed by atoms with E-state index in [1.807, 2.05) is 6.92 Å². The first-order valence-corrected chi connectivity index (χ1v) is 6.17. The molecule has 0 saturated carbocycles. The molecule has 1 aromatic rings. The van der Waals surface area contributed by atoms with Gasteiger partial charge in [-0.1, -0.05) is 13.3 Å². The molecule has 3 N–H and O–H groups in total.